The average Bonchev–Trinajstić information content (AvgIpc) is 2.41. The van der Waals surface area contributed by atoms with E-state index in [9.17, 15) is 10.1 Å². The summed E-state index contributed by atoms with van der Waals surface area (Å²) in [6.45, 7) is 5.10. The van der Waals surface area contributed by atoms with Crippen LogP contribution in [0, 0.1) is 28.9 Å². The lowest BCUT2D eigenvalue weighted by Crippen LogP contribution is -2.16. The zero-order valence-corrected chi connectivity index (χ0v) is 12.4. The number of hydrogen-bond donors (Lipinski definition) is 1. The van der Waals surface area contributed by atoms with Crippen molar-refractivity contribution in [2.24, 2.45) is 11.8 Å². The van der Waals surface area contributed by atoms with Crippen LogP contribution in [0.25, 0.3) is 0 Å². The van der Waals surface area contributed by atoms with Crippen molar-refractivity contribution in [3.63, 3.8) is 0 Å². The van der Waals surface area contributed by atoms with Gasteiger partial charge in [0.25, 0.3) is 5.69 Å². The molecule has 1 fully saturated rings. The minimum atomic E-state index is -0.315. The molecule has 1 N–H and O–H groups in total. The molecular formula is C16H24N2O2. The number of rotatable bonds is 5. The highest BCUT2D eigenvalue weighted by molar-refractivity contribution is 5.62. The number of nitro groups is 1. The summed E-state index contributed by atoms with van der Waals surface area (Å²) in [6, 6.07) is 5.23. The normalized spacial score (nSPS) is 22.5. The molecule has 1 aliphatic rings. The van der Waals surface area contributed by atoms with Gasteiger partial charge in [-0.05, 0) is 36.8 Å². The van der Waals surface area contributed by atoms with Crippen LogP contribution in [0.4, 0.5) is 11.4 Å². The zero-order valence-electron chi connectivity index (χ0n) is 12.4. The number of anilines is 1. The summed E-state index contributed by atoms with van der Waals surface area (Å²) in [5.41, 5.74) is 1.87. The second-order valence-electron chi connectivity index (χ2n) is 6.12. The van der Waals surface area contributed by atoms with Gasteiger partial charge in [-0.2, -0.15) is 0 Å². The molecule has 0 saturated heterocycles. The lowest BCUT2D eigenvalue weighted by Gasteiger charge is -2.26. The van der Waals surface area contributed by atoms with Gasteiger partial charge < -0.3 is 5.32 Å². The largest absolute Gasteiger partial charge is 0.379 e. The number of nitrogens with one attached hydrogen (secondary N) is 1. The van der Waals surface area contributed by atoms with E-state index in [4.69, 9.17) is 0 Å². The van der Waals surface area contributed by atoms with Gasteiger partial charge >= 0.3 is 0 Å². The Hall–Kier alpha value is -1.58. The van der Waals surface area contributed by atoms with Crippen LogP contribution in [-0.4, -0.2) is 11.5 Å². The lowest BCUT2D eigenvalue weighted by molar-refractivity contribution is -0.384. The van der Waals surface area contributed by atoms with E-state index in [2.05, 4.69) is 12.2 Å². The van der Waals surface area contributed by atoms with E-state index < -0.39 is 0 Å². The molecule has 1 aliphatic carbocycles. The van der Waals surface area contributed by atoms with Gasteiger partial charge in [0, 0.05) is 12.6 Å². The van der Waals surface area contributed by atoms with E-state index in [0.29, 0.717) is 5.69 Å². The van der Waals surface area contributed by atoms with Gasteiger partial charge in [-0.25, -0.2) is 0 Å². The van der Waals surface area contributed by atoms with Crippen LogP contribution in [0.15, 0.2) is 18.2 Å². The second-order valence-corrected chi connectivity index (χ2v) is 6.12. The van der Waals surface area contributed by atoms with E-state index in [1.165, 1.54) is 25.7 Å². The molecule has 1 aromatic rings. The SMILES string of the molecule is Cc1ccc([N+](=O)[O-])c(NCCC2CCC(C)CC2)c1. The fraction of sp³-hybridized carbons (Fsp3) is 0.625. The summed E-state index contributed by atoms with van der Waals surface area (Å²) in [5, 5.41) is 14.3. The standard InChI is InChI=1S/C16H24N2O2/c1-12-3-6-14(7-4-12)9-10-17-15-11-13(2)5-8-16(15)18(19)20/h5,8,11-12,14,17H,3-4,6-7,9-10H2,1-2H3. The molecule has 0 unspecified atom stereocenters. The molecule has 110 valence electrons. The highest BCUT2D eigenvalue weighted by atomic mass is 16.6. The third-order valence-corrected chi connectivity index (χ3v) is 4.35. The molecule has 1 saturated carbocycles. The summed E-state index contributed by atoms with van der Waals surface area (Å²) in [4.78, 5) is 10.7. The fourth-order valence-electron chi connectivity index (χ4n) is 2.98. The lowest BCUT2D eigenvalue weighted by atomic mass is 9.81. The Bertz CT molecular complexity index is 466. The van der Waals surface area contributed by atoms with Gasteiger partial charge in [0.05, 0.1) is 4.92 Å². The molecule has 20 heavy (non-hydrogen) atoms. The van der Waals surface area contributed by atoms with E-state index in [0.717, 1.165) is 30.4 Å². The molecule has 4 nitrogen and oxygen atoms in total. The molecule has 2 rings (SSSR count). The van der Waals surface area contributed by atoms with Crippen LogP contribution in [0.3, 0.4) is 0 Å². The maximum absolute atomic E-state index is 11.0. The quantitative estimate of drug-likeness (QED) is 0.635. The maximum Gasteiger partial charge on any atom is 0.292 e. The van der Waals surface area contributed by atoms with Crippen molar-refractivity contribution >= 4 is 11.4 Å². The van der Waals surface area contributed by atoms with Crippen molar-refractivity contribution in [3.05, 3.63) is 33.9 Å². The highest BCUT2D eigenvalue weighted by Crippen LogP contribution is 2.31. The molecular weight excluding hydrogens is 252 g/mol. The van der Waals surface area contributed by atoms with E-state index >= 15 is 0 Å². The van der Waals surface area contributed by atoms with Gasteiger partial charge in [-0.1, -0.05) is 38.7 Å². The monoisotopic (exact) mass is 276 g/mol. The van der Waals surface area contributed by atoms with Crippen molar-refractivity contribution in [1.82, 2.24) is 0 Å². The number of aryl methyl sites for hydroxylation is 1. The fourth-order valence-corrected chi connectivity index (χ4v) is 2.98. The van der Waals surface area contributed by atoms with E-state index in [1.54, 1.807) is 12.1 Å². The summed E-state index contributed by atoms with van der Waals surface area (Å²) < 4.78 is 0. The Morgan fingerprint density at radius 3 is 2.65 bits per heavy atom. The third-order valence-electron chi connectivity index (χ3n) is 4.35. The molecule has 0 heterocycles. The maximum atomic E-state index is 11.0. The number of nitro benzene ring substituents is 1. The molecule has 1 aromatic carbocycles. The van der Waals surface area contributed by atoms with Crippen molar-refractivity contribution < 1.29 is 4.92 Å². The van der Waals surface area contributed by atoms with E-state index in [1.807, 2.05) is 13.0 Å². The third kappa shape index (κ3) is 3.95. The Kier molecular flexibility index (Phi) is 4.99. The Morgan fingerprint density at radius 1 is 1.30 bits per heavy atom. The zero-order chi connectivity index (χ0) is 14.5. The first-order valence-corrected chi connectivity index (χ1v) is 7.55. The molecule has 4 heteroatoms. The van der Waals surface area contributed by atoms with Crippen molar-refractivity contribution in [1.29, 1.82) is 0 Å². The molecule has 0 aliphatic heterocycles. The Labute approximate surface area is 120 Å². The highest BCUT2D eigenvalue weighted by Gasteiger charge is 2.18. The predicted octanol–water partition coefficient (Wildman–Crippen LogP) is 4.53. The molecule has 0 atom stereocenters. The van der Waals surface area contributed by atoms with Gasteiger partial charge in [0.2, 0.25) is 0 Å². The van der Waals surface area contributed by atoms with Gasteiger partial charge in [0.1, 0.15) is 5.69 Å². The van der Waals surface area contributed by atoms with Crippen LogP contribution < -0.4 is 5.32 Å². The molecule has 0 aromatic heterocycles. The Balaban J connectivity index is 1.87. The van der Waals surface area contributed by atoms with Crippen LogP contribution >= 0.6 is 0 Å². The van der Waals surface area contributed by atoms with Crippen LogP contribution in [-0.2, 0) is 0 Å². The average molecular weight is 276 g/mol. The van der Waals surface area contributed by atoms with Gasteiger partial charge in [-0.3, -0.25) is 10.1 Å². The molecule has 0 amide bonds. The van der Waals surface area contributed by atoms with Gasteiger partial charge in [0.15, 0.2) is 0 Å². The first-order chi connectivity index (χ1) is 9.56. The first-order valence-electron chi connectivity index (χ1n) is 7.55. The minimum Gasteiger partial charge on any atom is -0.379 e. The number of nitrogens with zero attached hydrogens (tertiary/aromatic N) is 1. The minimum absolute atomic E-state index is 0.174. The number of benzene rings is 1. The van der Waals surface area contributed by atoms with Gasteiger partial charge in [-0.15, -0.1) is 0 Å². The first kappa shape index (κ1) is 14.8. The summed E-state index contributed by atoms with van der Waals surface area (Å²) in [6.07, 6.45) is 6.37. The summed E-state index contributed by atoms with van der Waals surface area (Å²) >= 11 is 0. The molecule has 0 radical (unpaired) electrons. The topological polar surface area (TPSA) is 55.2 Å². The molecule has 0 bridgehead atoms. The Morgan fingerprint density at radius 2 is 2.00 bits per heavy atom. The van der Waals surface area contributed by atoms with Crippen molar-refractivity contribution in [2.45, 2.75) is 46.0 Å². The summed E-state index contributed by atoms with van der Waals surface area (Å²) in [7, 11) is 0. The van der Waals surface area contributed by atoms with Crippen LogP contribution in [0.1, 0.15) is 44.6 Å². The van der Waals surface area contributed by atoms with Crippen LogP contribution in [0.5, 0.6) is 0 Å². The van der Waals surface area contributed by atoms with E-state index in [-0.39, 0.29) is 10.6 Å². The number of hydrogen-bond acceptors (Lipinski definition) is 3. The summed E-state index contributed by atoms with van der Waals surface area (Å²) in [5.74, 6) is 1.65. The predicted molar refractivity (Wildman–Crippen MR) is 82.1 cm³/mol. The molecule has 0 spiro atoms. The van der Waals surface area contributed by atoms with Crippen molar-refractivity contribution in [3.8, 4) is 0 Å². The smallest absolute Gasteiger partial charge is 0.292 e. The second kappa shape index (κ2) is 6.73. The van der Waals surface area contributed by atoms with Crippen molar-refractivity contribution in [2.75, 3.05) is 11.9 Å². The van der Waals surface area contributed by atoms with Crippen LogP contribution in [0.2, 0.25) is 0 Å².